The van der Waals surface area contributed by atoms with Gasteiger partial charge in [0, 0.05) is 0 Å². The largest absolute Gasteiger partial charge is 0.475 e. The summed E-state index contributed by atoms with van der Waals surface area (Å²) in [7, 11) is 0. The van der Waals surface area contributed by atoms with Crippen LogP contribution in [0.5, 0.6) is 0 Å². The molecule has 0 aliphatic carbocycles. The molecule has 18 heavy (non-hydrogen) atoms. The molecule has 2 aromatic rings. The summed E-state index contributed by atoms with van der Waals surface area (Å²) in [6, 6.07) is 4.81. The molecule has 1 aromatic heterocycles. The maximum atomic E-state index is 13.9. The van der Waals surface area contributed by atoms with E-state index in [0.29, 0.717) is 17.7 Å². The Morgan fingerprint density at radius 1 is 1.50 bits per heavy atom. The first-order valence-electron chi connectivity index (χ1n) is 5.53. The van der Waals surface area contributed by atoms with Gasteiger partial charge in [-0.1, -0.05) is 19.1 Å². The topological polar surface area (TPSA) is 63.3 Å². The minimum Gasteiger partial charge on any atom is -0.475 e. The first-order chi connectivity index (χ1) is 8.54. The first-order valence-corrected chi connectivity index (χ1v) is 5.53. The van der Waals surface area contributed by atoms with Crippen LogP contribution in [-0.4, -0.2) is 16.1 Å². The summed E-state index contributed by atoms with van der Waals surface area (Å²) < 4.78 is 19.0. The molecule has 2 rings (SSSR count). The maximum Gasteiger partial charge on any atom is 0.373 e. The first kappa shape index (κ1) is 12.3. The van der Waals surface area contributed by atoms with E-state index in [1.54, 1.807) is 26.0 Å². The molecule has 1 aromatic carbocycles. The second kappa shape index (κ2) is 4.60. The quantitative estimate of drug-likeness (QED) is 0.908. The van der Waals surface area contributed by atoms with Crippen molar-refractivity contribution in [2.24, 2.45) is 0 Å². The van der Waals surface area contributed by atoms with Gasteiger partial charge in [0.15, 0.2) is 0 Å². The molecule has 0 aliphatic heterocycles. The molecular formula is C13H12FNO3. The Morgan fingerprint density at radius 2 is 2.22 bits per heavy atom. The van der Waals surface area contributed by atoms with Crippen LogP contribution in [0.15, 0.2) is 22.6 Å². The number of rotatable bonds is 3. The van der Waals surface area contributed by atoms with Gasteiger partial charge >= 0.3 is 5.97 Å². The summed E-state index contributed by atoms with van der Waals surface area (Å²) in [5.74, 6) is -1.86. The van der Waals surface area contributed by atoms with E-state index in [9.17, 15) is 9.18 Å². The molecule has 0 saturated carbocycles. The van der Waals surface area contributed by atoms with Gasteiger partial charge in [-0.3, -0.25) is 0 Å². The zero-order valence-corrected chi connectivity index (χ0v) is 10.0. The molecule has 5 heteroatoms. The van der Waals surface area contributed by atoms with Gasteiger partial charge < -0.3 is 9.52 Å². The minimum atomic E-state index is -1.20. The van der Waals surface area contributed by atoms with E-state index < -0.39 is 11.8 Å². The summed E-state index contributed by atoms with van der Waals surface area (Å²) in [6.07, 6.45) is 0.415. The lowest BCUT2D eigenvalue weighted by atomic mass is 10.1. The average Bonchev–Trinajstić information content (AvgIpc) is 2.76. The highest BCUT2D eigenvalue weighted by Crippen LogP contribution is 2.26. The fraction of sp³-hybridized carbons (Fsp3) is 0.231. The number of carboxylic acids is 1. The van der Waals surface area contributed by atoms with E-state index in [4.69, 9.17) is 9.52 Å². The summed E-state index contributed by atoms with van der Waals surface area (Å²) in [5.41, 5.74) is 0.955. The molecule has 0 bridgehead atoms. The maximum absolute atomic E-state index is 13.9. The van der Waals surface area contributed by atoms with Crippen LogP contribution in [-0.2, 0) is 6.42 Å². The highest BCUT2D eigenvalue weighted by molar-refractivity contribution is 5.86. The van der Waals surface area contributed by atoms with Gasteiger partial charge in [0.2, 0.25) is 11.7 Å². The standard InChI is InChI=1S/C13H12FNO3/c1-3-9-11(13(16)17)18-12(15-9)8-6-4-5-7(2)10(8)14/h4-6H,3H2,1-2H3,(H,16,17). The average molecular weight is 249 g/mol. The predicted molar refractivity (Wildman–Crippen MR) is 63.0 cm³/mol. The number of aryl methyl sites for hydroxylation is 2. The number of hydrogen-bond donors (Lipinski definition) is 1. The van der Waals surface area contributed by atoms with Crippen LogP contribution >= 0.6 is 0 Å². The molecule has 0 spiro atoms. The van der Waals surface area contributed by atoms with E-state index in [-0.39, 0.29) is 17.2 Å². The number of nitrogens with zero attached hydrogens (tertiary/aromatic N) is 1. The number of aromatic nitrogens is 1. The van der Waals surface area contributed by atoms with Crippen molar-refractivity contribution in [1.82, 2.24) is 4.98 Å². The van der Waals surface area contributed by atoms with Crippen LogP contribution in [0.4, 0.5) is 4.39 Å². The van der Waals surface area contributed by atoms with Crippen molar-refractivity contribution in [2.45, 2.75) is 20.3 Å². The highest BCUT2D eigenvalue weighted by atomic mass is 19.1. The van der Waals surface area contributed by atoms with Gasteiger partial charge in [-0.15, -0.1) is 0 Å². The van der Waals surface area contributed by atoms with Crippen LogP contribution in [0.25, 0.3) is 11.5 Å². The molecule has 1 heterocycles. The fourth-order valence-electron chi connectivity index (χ4n) is 1.69. The molecule has 0 unspecified atom stereocenters. The van der Waals surface area contributed by atoms with Gasteiger partial charge in [0.05, 0.1) is 11.3 Å². The lowest BCUT2D eigenvalue weighted by Gasteiger charge is -2.00. The molecule has 0 aliphatic rings. The van der Waals surface area contributed by atoms with Gasteiger partial charge in [0.1, 0.15) is 5.82 Å². The van der Waals surface area contributed by atoms with Crippen LogP contribution in [0.3, 0.4) is 0 Å². The summed E-state index contributed by atoms with van der Waals surface area (Å²) in [6.45, 7) is 3.39. The van der Waals surface area contributed by atoms with Gasteiger partial charge in [-0.2, -0.15) is 0 Å². The van der Waals surface area contributed by atoms with E-state index in [1.807, 2.05) is 0 Å². The summed E-state index contributed by atoms with van der Waals surface area (Å²) in [5, 5.41) is 8.95. The lowest BCUT2D eigenvalue weighted by Crippen LogP contribution is -1.98. The monoisotopic (exact) mass is 249 g/mol. The number of carboxylic acid groups (broad SMARTS) is 1. The lowest BCUT2D eigenvalue weighted by molar-refractivity contribution is 0.0661. The molecule has 0 atom stereocenters. The summed E-state index contributed by atoms with van der Waals surface area (Å²) >= 11 is 0. The number of benzene rings is 1. The third-order valence-electron chi connectivity index (χ3n) is 2.65. The second-order valence-corrected chi connectivity index (χ2v) is 3.89. The van der Waals surface area contributed by atoms with E-state index in [0.717, 1.165) is 0 Å². The Morgan fingerprint density at radius 3 is 2.78 bits per heavy atom. The number of aromatic carboxylic acids is 1. The van der Waals surface area contributed by atoms with Crippen LogP contribution < -0.4 is 0 Å². The molecule has 0 radical (unpaired) electrons. The second-order valence-electron chi connectivity index (χ2n) is 3.89. The fourth-order valence-corrected chi connectivity index (χ4v) is 1.69. The van der Waals surface area contributed by atoms with E-state index in [2.05, 4.69) is 4.98 Å². The SMILES string of the molecule is CCc1nc(-c2cccc(C)c2F)oc1C(=O)O. The number of hydrogen-bond acceptors (Lipinski definition) is 3. The van der Waals surface area contributed by atoms with Crippen molar-refractivity contribution in [2.75, 3.05) is 0 Å². The van der Waals surface area contributed by atoms with E-state index in [1.165, 1.54) is 6.07 Å². The number of carbonyl (C=O) groups is 1. The molecular weight excluding hydrogens is 237 g/mol. The molecule has 0 fully saturated rings. The minimum absolute atomic E-state index is 0.00505. The van der Waals surface area contributed by atoms with Gasteiger partial charge in [-0.05, 0) is 25.0 Å². The Hall–Kier alpha value is -2.17. The Bertz CT molecular complexity index is 604. The molecule has 94 valence electrons. The third kappa shape index (κ3) is 1.99. The zero-order valence-electron chi connectivity index (χ0n) is 10.0. The van der Waals surface area contributed by atoms with Crippen LogP contribution in [0.2, 0.25) is 0 Å². The molecule has 4 nitrogen and oxygen atoms in total. The van der Waals surface area contributed by atoms with Crippen molar-refractivity contribution in [3.8, 4) is 11.5 Å². The third-order valence-corrected chi connectivity index (χ3v) is 2.65. The van der Waals surface area contributed by atoms with Gasteiger partial charge in [-0.25, -0.2) is 14.2 Å². The summed E-state index contributed by atoms with van der Waals surface area (Å²) in [4.78, 5) is 15.0. The normalized spacial score (nSPS) is 10.6. The highest BCUT2D eigenvalue weighted by Gasteiger charge is 2.21. The Labute approximate surface area is 103 Å². The van der Waals surface area contributed by atoms with Crippen LogP contribution in [0.1, 0.15) is 28.7 Å². The number of halogens is 1. The van der Waals surface area contributed by atoms with Crippen molar-refractivity contribution < 1.29 is 18.7 Å². The molecule has 0 amide bonds. The zero-order chi connectivity index (χ0) is 13.3. The predicted octanol–water partition coefficient (Wildman–Crippen LogP) is 3.05. The van der Waals surface area contributed by atoms with Crippen molar-refractivity contribution in [1.29, 1.82) is 0 Å². The van der Waals surface area contributed by atoms with Crippen molar-refractivity contribution in [3.05, 3.63) is 41.0 Å². The van der Waals surface area contributed by atoms with Crippen molar-refractivity contribution >= 4 is 5.97 Å². The Balaban J connectivity index is 2.58. The molecule has 0 saturated heterocycles. The van der Waals surface area contributed by atoms with E-state index >= 15 is 0 Å². The number of oxazole rings is 1. The Kier molecular flexibility index (Phi) is 3.14. The van der Waals surface area contributed by atoms with Crippen LogP contribution in [0, 0.1) is 12.7 Å². The van der Waals surface area contributed by atoms with Gasteiger partial charge in [0.25, 0.3) is 0 Å². The van der Waals surface area contributed by atoms with Crippen molar-refractivity contribution in [3.63, 3.8) is 0 Å². The molecule has 1 N–H and O–H groups in total. The smallest absolute Gasteiger partial charge is 0.373 e.